The molecule has 2 aromatic carbocycles. The van der Waals surface area contributed by atoms with Gasteiger partial charge in [0.2, 0.25) is 10.0 Å². The average molecular weight is 530 g/mol. The summed E-state index contributed by atoms with van der Waals surface area (Å²) in [6.45, 7) is 8.54. The van der Waals surface area contributed by atoms with Crippen molar-refractivity contribution in [2.24, 2.45) is 0 Å². The number of fused-ring (bicyclic) bond motifs is 1. The first-order valence-electron chi connectivity index (χ1n) is 12.2. The lowest BCUT2D eigenvalue weighted by Crippen LogP contribution is -2.48. The SMILES string of the molecule is Cc1ccc2nc(N3CCN(CCNC(=O)c4ccc(S(=O)(=O)N5CCOCC5)cc4)CC3)sc2c1. The van der Waals surface area contributed by atoms with Crippen molar-refractivity contribution in [3.05, 3.63) is 53.6 Å². The first-order valence-corrected chi connectivity index (χ1v) is 14.5. The molecule has 0 radical (unpaired) electrons. The smallest absolute Gasteiger partial charge is 0.251 e. The van der Waals surface area contributed by atoms with Crippen LogP contribution in [0.25, 0.3) is 10.2 Å². The molecule has 2 aliphatic rings. The highest BCUT2D eigenvalue weighted by Gasteiger charge is 2.26. The van der Waals surface area contributed by atoms with Crippen LogP contribution in [0.3, 0.4) is 0 Å². The van der Waals surface area contributed by atoms with Crippen molar-refractivity contribution < 1.29 is 17.9 Å². The van der Waals surface area contributed by atoms with Crippen molar-refractivity contribution in [2.75, 3.05) is 70.5 Å². The van der Waals surface area contributed by atoms with Crippen LogP contribution in [0.5, 0.6) is 0 Å². The fourth-order valence-electron chi connectivity index (χ4n) is 4.46. The molecule has 0 bridgehead atoms. The molecule has 0 aliphatic carbocycles. The highest BCUT2D eigenvalue weighted by molar-refractivity contribution is 7.89. The van der Waals surface area contributed by atoms with Gasteiger partial charge in [0.15, 0.2) is 5.13 Å². The standard InChI is InChI=1S/C25H31N5O4S2/c1-19-2-7-22-23(18-19)35-25(27-22)29-12-10-28(11-13-29)9-8-26-24(31)20-3-5-21(6-4-20)36(32,33)30-14-16-34-17-15-30/h2-7,18H,8-17H2,1H3,(H,26,31). The fourth-order valence-corrected chi connectivity index (χ4v) is 6.99. The topological polar surface area (TPSA) is 95.1 Å². The number of hydrogen-bond acceptors (Lipinski definition) is 8. The molecule has 2 aliphatic heterocycles. The van der Waals surface area contributed by atoms with Gasteiger partial charge < -0.3 is 15.0 Å². The minimum Gasteiger partial charge on any atom is -0.379 e. The minimum atomic E-state index is -3.56. The molecule has 1 N–H and O–H groups in total. The summed E-state index contributed by atoms with van der Waals surface area (Å²) >= 11 is 1.74. The highest BCUT2D eigenvalue weighted by atomic mass is 32.2. The molecule has 36 heavy (non-hydrogen) atoms. The second kappa shape index (κ2) is 10.8. The molecule has 2 saturated heterocycles. The van der Waals surface area contributed by atoms with E-state index in [-0.39, 0.29) is 10.8 Å². The molecule has 0 atom stereocenters. The van der Waals surface area contributed by atoms with E-state index in [0.29, 0.717) is 38.4 Å². The summed E-state index contributed by atoms with van der Waals surface area (Å²) in [5, 5.41) is 4.02. The van der Waals surface area contributed by atoms with Crippen LogP contribution in [0.15, 0.2) is 47.4 Å². The Bertz CT molecular complexity index is 1310. The first kappa shape index (κ1) is 25.1. The third-order valence-electron chi connectivity index (χ3n) is 6.61. The van der Waals surface area contributed by atoms with E-state index in [1.165, 1.54) is 26.7 Å². The first-order chi connectivity index (χ1) is 17.4. The van der Waals surface area contributed by atoms with Gasteiger partial charge in [-0.05, 0) is 48.9 Å². The van der Waals surface area contributed by atoms with E-state index >= 15 is 0 Å². The zero-order chi connectivity index (χ0) is 25.1. The van der Waals surface area contributed by atoms with Crippen LogP contribution in [0.1, 0.15) is 15.9 Å². The Kier molecular flexibility index (Phi) is 7.54. The Morgan fingerprint density at radius 3 is 2.47 bits per heavy atom. The number of aryl methyl sites for hydroxylation is 1. The predicted molar refractivity (Wildman–Crippen MR) is 141 cm³/mol. The lowest BCUT2D eigenvalue weighted by molar-refractivity contribution is 0.0730. The Labute approximate surface area is 215 Å². The lowest BCUT2D eigenvalue weighted by Gasteiger charge is -2.34. The van der Waals surface area contributed by atoms with Gasteiger partial charge in [-0.25, -0.2) is 13.4 Å². The van der Waals surface area contributed by atoms with Crippen LogP contribution in [-0.2, 0) is 14.8 Å². The maximum atomic E-state index is 12.7. The van der Waals surface area contributed by atoms with Crippen LogP contribution < -0.4 is 10.2 Å². The number of morpholine rings is 1. The van der Waals surface area contributed by atoms with E-state index in [4.69, 9.17) is 9.72 Å². The van der Waals surface area contributed by atoms with Crippen molar-refractivity contribution in [1.29, 1.82) is 0 Å². The Morgan fingerprint density at radius 1 is 1.03 bits per heavy atom. The van der Waals surface area contributed by atoms with Crippen LogP contribution in [-0.4, -0.2) is 94.1 Å². The number of nitrogens with one attached hydrogen (secondary N) is 1. The van der Waals surface area contributed by atoms with Crippen molar-refractivity contribution >= 4 is 42.6 Å². The van der Waals surface area contributed by atoms with E-state index in [9.17, 15) is 13.2 Å². The van der Waals surface area contributed by atoms with Crippen molar-refractivity contribution in [3.63, 3.8) is 0 Å². The highest BCUT2D eigenvalue weighted by Crippen LogP contribution is 2.30. The number of nitrogens with zero attached hydrogens (tertiary/aromatic N) is 4. The normalized spacial score (nSPS) is 18.0. The number of carbonyl (C=O) groups excluding carboxylic acids is 1. The predicted octanol–water partition coefficient (Wildman–Crippen LogP) is 2.18. The van der Waals surface area contributed by atoms with Crippen molar-refractivity contribution in [2.45, 2.75) is 11.8 Å². The molecule has 3 aromatic rings. The number of anilines is 1. The number of carbonyl (C=O) groups is 1. The van der Waals surface area contributed by atoms with Gasteiger partial charge in [-0.3, -0.25) is 9.69 Å². The zero-order valence-corrected chi connectivity index (χ0v) is 22.0. The summed E-state index contributed by atoms with van der Waals surface area (Å²) in [5.41, 5.74) is 2.75. The number of thiazole rings is 1. The van der Waals surface area contributed by atoms with Crippen LogP contribution in [0.2, 0.25) is 0 Å². The lowest BCUT2D eigenvalue weighted by atomic mass is 10.2. The second-order valence-corrected chi connectivity index (χ2v) is 12.0. The molecule has 0 spiro atoms. The van der Waals surface area contributed by atoms with E-state index in [1.54, 1.807) is 23.5 Å². The molecular formula is C25H31N5O4S2. The van der Waals surface area contributed by atoms with Crippen molar-refractivity contribution in [1.82, 2.24) is 19.5 Å². The van der Waals surface area contributed by atoms with Gasteiger partial charge in [0, 0.05) is 57.9 Å². The number of benzene rings is 2. The number of sulfonamides is 1. The monoisotopic (exact) mass is 529 g/mol. The zero-order valence-electron chi connectivity index (χ0n) is 20.4. The maximum absolute atomic E-state index is 12.7. The number of ether oxygens (including phenoxy) is 1. The quantitative estimate of drug-likeness (QED) is 0.501. The third kappa shape index (κ3) is 5.55. The summed E-state index contributed by atoms with van der Waals surface area (Å²) in [6, 6.07) is 12.5. The third-order valence-corrected chi connectivity index (χ3v) is 9.61. The molecule has 5 rings (SSSR count). The summed E-state index contributed by atoms with van der Waals surface area (Å²) in [5.74, 6) is -0.200. The fraction of sp³-hybridized carbons (Fsp3) is 0.440. The number of hydrogen-bond donors (Lipinski definition) is 1. The Morgan fingerprint density at radius 2 is 1.75 bits per heavy atom. The summed E-state index contributed by atoms with van der Waals surface area (Å²) < 4.78 is 33.4. The van der Waals surface area contributed by atoms with Crippen LogP contribution in [0, 0.1) is 6.92 Å². The van der Waals surface area contributed by atoms with Gasteiger partial charge in [0.1, 0.15) is 0 Å². The van der Waals surface area contributed by atoms with Gasteiger partial charge in [-0.2, -0.15) is 4.31 Å². The summed E-state index contributed by atoms with van der Waals surface area (Å²) in [7, 11) is -3.56. The second-order valence-electron chi connectivity index (χ2n) is 9.09. The van der Waals surface area contributed by atoms with E-state index in [2.05, 4.69) is 40.2 Å². The number of amides is 1. The van der Waals surface area contributed by atoms with E-state index in [0.717, 1.165) is 43.4 Å². The number of aromatic nitrogens is 1. The summed E-state index contributed by atoms with van der Waals surface area (Å²) in [6.07, 6.45) is 0. The molecule has 1 aromatic heterocycles. The summed E-state index contributed by atoms with van der Waals surface area (Å²) in [4.78, 5) is 22.2. The minimum absolute atomic E-state index is 0.196. The number of rotatable bonds is 7. The Hall–Kier alpha value is -2.57. The van der Waals surface area contributed by atoms with Crippen LogP contribution >= 0.6 is 11.3 Å². The van der Waals surface area contributed by atoms with Gasteiger partial charge in [0.05, 0.1) is 28.3 Å². The van der Waals surface area contributed by atoms with Gasteiger partial charge in [-0.1, -0.05) is 17.4 Å². The van der Waals surface area contributed by atoms with Gasteiger partial charge >= 0.3 is 0 Å². The molecule has 0 unspecified atom stereocenters. The van der Waals surface area contributed by atoms with Gasteiger partial charge in [-0.15, -0.1) is 0 Å². The average Bonchev–Trinajstić information content (AvgIpc) is 3.33. The maximum Gasteiger partial charge on any atom is 0.251 e. The molecule has 2 fully saturated rings. The molecule has 1 amide bonds. The molecular weight excluding hydrogens is 498 g/mol. The molecule has 3 heterocycles. The molecule has 9 nitrogen and oxygen atoms in total. The van der Waals surface area contributed by atoms with E-state index in [1.807, 2.05) is 0 Å². The van der Waals surface area contributed by atoms with E-state index < -0.39 is 10.0 Å². The largest absolute Gasteiger partial charge is 0.379 e. The molecule has 11 heteroatoms. The van der Waals surface area contributed by atoms with Gasteiger partial charge in [0.25, 0.3) is 5.91 Å². The number of piperazine rings is 1. The van der Waals surface area contributed by atoms with Crippen LogP contribution in [0.4, 0.5) is 5.13 Å². The molecule has 0 saturated carbocycles. The van der Waals surface area contributed by atoms with Crippen molar-refractivity contribution in [3.8, 4) is 0 Å². The molecule has 192 valence electrons. The Balaban J connectivity index is 1.08.